The van der Waals surface area contributed by atoms with E-state index in [1.807, 2.05) is 7.05 Å². The molecule has 118 valence electrons. The molecule has 0 bridgehead atoms. The van der Waals surface area contributed by atoms with Crippen molar-refractivity contribution in [3.8, 4) is 5.75 Å². The molecule has 2 N–H and O–H groups in total. The van der Waals surface area contributed by atoms with Gasteiger partial charge < -0.3 is 10.1 Å². The van der Waals surface area contributed by atoms with Crippen LogP contribution in [0.15, 0.2) is 29.2 Å². The zero-order chi connectivity index (χ0) is 15.3. The van der Waals surface area contributed by atoms with Crippen molar-refractivity contribution in [2.45, 2.75) is 37.1 Å². The first-order valence-corrected chi connectivity index (χ1v) is 8.89. The molecule has 1 aromatic carbocycles. The van der Waals surface area contributed by atoms with Crippen molar-refractivity contribution < 1.29 is 13.2 Å². The van der Waals surface area contributed by atoms with Crippen LogP contribution in [0.1, 0.15) is 26.2 Å². The van der Waals surface area contributed by atoms with E-state index in [4.69, 9.17) is 4.74 Å². The molecule has 0 saturated heterocycles. The third-order valence-corrected chi connectivity index (χ3v) is 5.31. The highest BCUT2D eigenvalue weighted by Crippen LogP contribution is 2.26. The molecule has 6 heteroatoms. The Bertz CT molecular complexity index is 543. The Hall–Kier alpha value is -1.11. The van der Waals surface area contributed by atoms with Crippen LogP contribution in [0.2, 0.25) is 0 Å². The molecule has 2 unspecified atom stereocenters. The van der Waals surface area contributed by atoms with Crippen molar-refractivity contribution in [3.63, 3.8) is 0 Å². The summed E-state index contributed by atoms with van der Waals surface area (Å²) in [7, 11) is -1.57. The summed E-state index contributed by atoms with van der Waals surface area (Å²) < 4.78 is 32.9. The van der Waals surface area contributed by atoms with E-state index < -0.39 is 10.0 Å². The second-order valence-corrected chi connectivity index (χ2v) is 7.37. The Morgan fingerprint density at radius 1 is 1.24 bits per heavy atom. The maximum atomic E-state index is 12.3. The first-order valence-electron chi connectivity index (χ1n) is 7.41. The van der Waals surface area contributed by atoms with E-state index in [1.165, 1.54) is 0 Å². The van der Waals surface area contributed by atoms with Crippen LogP contribution in [0.25, 0.3) is 0 Å². The highest BCUT2D eigenvalue weighted by atomic mass is 32.2. The summed E-state index contributed by atoms with van der Waals surface area (Å²) in [6, 6.07) is 6.64. The summed E-state index contributed by atoms with van der Waals surface area (Å²) in [6.45, 7) is 3.47. The highest BCUT2D eigenvalue weighted by Gasteiger charge is 2.26. The van der Waals surface area contributed by atoms with Gasteiger partial charge in [-0.2, -0.15) is 0 Å². The summed E-state index contributed by atoms with van der Waals surface area (Å²) in [6.07, 6.45) is 2.93. The van der Waals surface area contributed by atoms with Gasteiger partial charge in [0.2, 0.25) is 10.0 Å². The Morgan fingerprint density at radius 2 is 1.95 bits per heavy atom. The van der Waals surface area contributed by atoms with E-state index in [0.29, 0.717) is 23.2 Å². The van der Waals surface area contributed by atoms with Gasteiger partial charge in [-0.1, -0.05) is 6.92 Å². The summed E-state index contributed by atoms with van der Waals surface area (Å²) in [5.41, 5.74) is 0. The molecule has 1 saturated carbocycles. The van der Waals surface area contributed by atoms with Crippen LogP contribution in [0.5, 0.6) is 5.75 Å². The molecule has 1 fully saturated rings. The molecule has 0 radical (unpaired) electrons. The van der Waals surface area contributed by atoms with E-state index >= 15 is 0 Å². The second-order valence-electron chi connectivity index (χ2n) is 5.66. The number of nitrogens with one attached hydrogen (secondary N) is 2. The minimum absolute atomic E-state index is 0.0663. The molecule has 1 aliphatic carbocycles. The number of ether oxygens (including phenoxy) is 1. The van der Waals surface area contributed by atoms with Gasteiger partial charge in [0, 0.05) is 12.6 Å². The first kappa shape index (κ1) is 16.3. The predicted octanol–water partition coefficient (Wildman–Crippen LogP) is 1.75. The van der Waals surface area contributed by atoms with Crippen LogP contribution in [0.4, 0.5) is 0 Å². The molecule has 1 aromatic rings. The summed E-state index contributed by atoms with van der Waals surface area (Å²) >= 11 is 0. The monoisotopic (exact) mass is 312 g/mol. The molecule has 0 aromatic heterocycles. The molecule has 0 heterocycles. The third-order valence-electron chi connectivity index (χ3n) is 3.77. The predicted molar refractivity (Wildman–Crippen MR) is 83.0 cm³/mol. The van der Waals surface area contributed by atoms with Gasteiger partial charge in [0.05, 0.1) is 4.90 Å². The quantitative estimate of drug-likeness (QED) is 0.753. The van der Waals surface area contributed by atoms with Gasteiger partial charge in [-0.3, -0.25) is 0 Å². The molecule has 2 atom stereocenters. The van der Waals surface area contributed by atoms with Gasteiger partial charge in [0.25, 0.3) is 0 Å². The fourth-order valence-electron chi connectivity index (χ4n) is 2.59. The van der Waals surface area contributed by atoms with Gasteiger partial charge in [-0.05, 0) is 56.5 Å². The third kappa shape index (κ3) is 4.69. The Morgan fingerprint density at radius 3 is 2.52 bits per heavy atom. The average Bonchev–Trinajstić information content (AvgIpc) is 2.84. The van der Waals surface area contributed by atoms with Gasteiger partial charge in [-0.25, -0.2) is 13.1 Å². The summed E-state index contributed by atoms with van der Waals surface area (Å²) in [4.78, 5) is 0.294. The lowest BCUT2D eigenvalue weighted by Crippen LogP contribution is -2.32. The van der Waals surface area contributed by atoms with Gasteiger partial charge in [0.15, 0.2) is 0 Å². The van der Waals surface area contributed by atoms with Gasteiger partial charge in [-0.15, -0.1) is 0 Å². The fraction of sp³-hybridized carbons (Fsp3) is 0.600. The first-order chi connectivity index (χ1) is 10.0. The van der Waals surface area contributed by atoms with E-state index in [2.05, 4.69) is 17.0 Å². The lowest BCUT2D eigenvalue weighted by atomic mass is 10.1. The summed E-state index contributed by atoms with van der Waals surface area (Å²) in [5, 5.41) is 2.99. The molecular formula is C15H24N2O3S. The van der Waals surface area contributed by atoms with Crippen LogP contribution < -0.4 is 14.8 Å². The van der Waals surface area contributed by atoms with Crippen LogP contribution >= 0.6 is 0 Å². The Kier molecular flexibility index (Phi) is 5.61. The van der Waals surface area contributed by atoms with E-state index in [1.54, 1.807) is 24.3 Å². The van der Waals surface area contributed by atoms with Crippen molar-refractivity contribution >= 4 is 10.0 Å². The topological polar surface area (TPSA) is 67.4 Å². The van der Waals surface area contributed by atoms with Crippen molar-refractivity contribution in [2.24, 2.45) is 5.92 Å². The zero-order valence-corrected chi connectivity index (χ0v) is 13.4. The average molecular weight is 312 g/mol. The van der Waals surface area contributed by atoms with Crippen LogP contribution in [0.3, 0.4) is 0 Å². The SMILES string of the molecule is CNCCOc1ccc(S(=O)(=O)NC2CCC(C)C2)cc1. The van der Waals surface area contributed by atoms with E-state index in [9.17, 15) is 8.42 Å². The fourth-order valence-corrected chi connectivity index (χ4v) is 3.87. The van der Waals surface area contributed by atoms with Crippen molar-refractivity contribution in [1.29, 1.82) is 0 Å². The lowest BCUT2D eigenvalue weighted by Gasteiger charge is -2.13. The van der Waals surface area contributed by atoms with Gasteiger partial charge in [0.1, 0.15) is 12.4 Å². The highest BCUT2D eigenvalue weighted by molar-refractivity contribution is 7.89. The molecule has 0 aliphatic heterocycles. The zero-order valence-electron chi connectivity index (χ0n) is 12.6. The Labute approximate surface area is 127 Å². The molecule has 0 amide bonds. The number of rotatable bonds is 7. The maximum Gasteiger partial charge on any atom is 0.240 e. The van der Waals surface area contributed by atoms with Crippen LogP contribution in [-0.4, -0.2) is 34.7 Å². The molecular weight excluding hydrogens is 288 g/mol. The van der Waals surface area contributed by atoms with E-state index in [-0.39, 0.29) is 6.04 Å². The number of hydrogen-bond donors (Lipinski definition) is 2. The molecule has 5 nitrogen and oxygen atoms in total. The standard InChI is InChI=1S/C15H24N2O3S/c1-12-3-4-13(11-12)17-21(18,19)15-7-5-14(6-8-15)20-10-9-16-2/h5-8,12-13,16-17H,3-4,9-11H2,1-2H3. The maximum absolute atomic E-state index is 12.3. The van der Waals surface area contributed by atoms with Crippen molar-refractivity contribution in [1.82, 2.24) is 10.0 Å². The van der Waals surface area contributed by atoms with Crippen molar-refractivity contribution in [2.75, 3.05) is 20.2 Å². The second kappa shape index (κ2) is 7.24. The minimum atomic E-state index is -3.43. The lowest BCUT2D eigenvalue weighted by molar-refractivity contribution is 0.318. The van der Waals surface area contributed by atoms with Gasteiger partial charge >= 0.3 is 0 Å². The normalized spacial score (nSPS) is 22.4. The largest absolute Gasteiger partial charge is 0.492 e. The minimum Gasteiger partial charge on any atom is -0.492 e. The van der Waals surface area contributed by atoms with E-state index in [0.717, 1.165) is 25.8 Å². The van der Waals surface area contributed by atoms with Crippen LogP contribution in [-0.2, 0) is 10.0 Å². The van der Waals surface area contributed by atoms with Crippen LogP contribution in [0, 0.1) is 5.92 Å². The molecule has 21 heavy (non-hydrogen) atoms. The molecule has 2 rings (SSSR count). The number of benzene rings is 1. The number of hydrogen-bond acceptors (Lipinski definition) is 4. The number of sulfonamides is 1. The smallest absolute Gasteiger partial charge is 0.240 e. The molecule has 0 spiro atoms. The molecule has 1 aliphatic rings. The van der Waals surface area contributed by atoms with Crippen molar-refractivity contribution in [3.05, 3.63) is 24.3 Å². The summed E-state index contributed by atoms with van der Waals surface area (Å²) in [5.74, 6) is 1.28. The Balaban J connectivity index is 1.96. The number of likely N-dealkylation sites (N-methyl/N-ethyl adjacent to an activating group) is 1.